The van der Waals surface area contributed by atoms with E-state index in [1.807, 2.05) is 30.3 Å². The summed E-state index contributed by atoms with van der Waals surface area (Å²) in [6, 6.07) is 15.1. The summed E-state index contributed by atoms with van der Waals surface area (Å²) in [7, 11) is 1.61. The molecule has 132 valence electrons. The maximum atomic E-state index is 12.5. The van der Waals surface area contributed by atoms with Gasteiger partial charge >= 0.3 is 0 Å². The first-order valence-corrected chi connectivity index (χ1v) is 8.63. The summed E-state index contributed by atoms with van der Waals surface area (Å²) in [4.78, 5) is 14.8. The van der Waals surface area contributed by atoms with Crippen molar-refractivity contribution < 1.29 is 14.3 Å². The minimum Gasteiger partial charge on any atom is -0.497 e. The van der Waals surface area contributed by atoms with Gasteiger partial charge in [-0.05, 0) is 56.2 Å². The second-order valence-electron chi connectivity index (χ2n) is 6.14. The fourth-order valence-corrected chi connectivity index (χ4v) is 2.96. The van der Waals surface area contributed by atoms with Gasteiger partial charge in [-0.2, -0.15) is 0 Å². The minimum atomic E-state index is -0.597. The number of nitrogens with one attached hydrogen (secondary N) is 1. The molecule has 0 saturated carbocycles. The minimum absolute atomic E-state index is 0.164. The summed E-state index contributed by atoms with van der Waals surface area (Å²) in [5.74, 6) is 1.22. The third-order valence-electron chi connectivity index (χ3n) is 4.35. The van der Waals surface area contributed by atoms with Gasteiger partial charge in [0.05, 0.1) is 18.5 Å². The van der Waals surface area contributed by atoms with Crippen molar-refractivity contribution in [3.05, 3.63) is 48.5 Å². The van der Waals surface area contributed by atoms with E-state index in [1.165, 1.54) is 12.8 Å². The first kappa shape index (κ1) is 17.1. The lowest BCUT2D eigenvalue weighted by Gasteiger charge is -2.22. The number of benzene rings is 2. The Labute approximate surface area is 148 Å². The number of para-hydroxylation sites is 2. The number of carbonyl (C=O) groups excluding carboxylic acids is 1. The smallest absolute Gasteiger partial charge is 0.265 e. The molecule has 0 spiro atoms. The number of carbonyl (C=O) groups is 1. The van der Waals surface area contributed by atoms with Gasteiger partial charge in [0, 0.05) is 13.1 Å². The van der Waals surface area contributed by atoms with Crippen LogP contribution >= 0.6 is 0 Å². The van der Waals surface area contributed by atoms with Crippen molar-refractivity contribution in [1.29, 1.82) is 0 Å². The largest absolute Gasteiger partial charge is 0.497 e. The monoisotopic (exact) mass is 340 g/mol. The number of rotatable bonds is 6. The van der Waals surface area contributed by atoms with Crippen LogP contribution in [0.1, 0.15) is 19.8 Å². The van der Waals surface area contributed by atoms with E-state index in [2.05, 4.69) is 16.3 Å². The molecule has 0 radical (unpaired) electrons. The maximum absolute atomic E-state index is 12.5. The SMILES string of the molecule is COc1ccc(OC(C)C(=O)Nc2ccccc2N2CCCC2)cc1. The molecule has 1 amide bonds. The summed E-state index contributed by atoms with van der Waals surface area (Å²) in [6.45, 7) is 3.81. The van der Waals surface area contributed by atoms with E-state index < -0.39 is 6.10 Å². The summed E-state index contributed by atoms with van der Waals surface area (Å²) < 4.78 is 10.9. The third kappa shape index (κ3) is 4.24. The lowest BCUT2D eigenvalue weighted by atomic mass is 10.2. The molecule has 1 unspecified atom stereocenters. The van der Waals surface area contributed by atoms with Gasteiger partial charge in [0.2, 0.25) is 0 Å². The third-order valence-corrected chi connectivity index (χ3v) is 4.35. The molecule has 25 heavy (non-hydrogen) atoms. The highest BCUT2D eigenvalue weighted by atomic mass is 16.5. The molecule has 1 heterocycles. The molecule has 1 atom stereocenters. The Kier molecular flexibility index (Phi) is 5.43. The molecule has 0 aliphatic carbocycles. The van der Waals surface area contributed by atoms with Crippen molar-refractivity contribution in [2.45, 2.75) is 25.9 Å². The maximum Gasteiger partial charge on any atom is 0.265 e. The lowest BCUT2D eigenvalue weighted by Crippen LogP contribution is -2.31. The zero-order valence-electron chi connectivity index (χ0n) is 14.7. The number of hydrogen-bond acceptors (Lipinski definition) is 4. The molecule has 5 nitrogen and oxygen atoms in total. The van der Waals surface area contributed by atoms with Crippen molar-refractivity contribution in [2.75, 3.05) is 30.4 Å². The number of methoxy groups -OCH3 is 1. The van der Waals surface area contributed by atoms with Crippen LogP contribution < -0.4 is 19.7 Å². The van der Waals surface area contributed by atoms with E-state index in [0.29, 0.717) is 5.75 Å². The summed E-state index contributed by atoms with van der Waals surface area (Å²) >= 11 is 0. The zero-order valence-corrected chi connectivity index (χ0v) is 14.7. The molecule has 2 aromatic rings. The highest BCUT2D eigenvalue weighted by molar-refractivity contribution is 5.97. The van der Waals surface area contributed by atoms with Gasteiger partial charge in [-0.1, -0.05) is 12.1 Å². The molecule has 3 rings (SSSR count). The molecule has 5 heteroatoms. The van der Waals surface area contributed by atoms with Crippen LogP contribution in [0.25, 0.3) is 0 Å². The van der Waals surface area contributed by atoms with Crippen LogP contribution in [-0.4, -0.2) is 32.2 Å². The average Bonchev–Trinajstić information content (AvgIpc) is 3.17. The Morgan fingerprint density at radius 1 is 1.04 bits per heavy atom. The highest BCUT2D eigenvalue weighted by Gasteiger charge is 2.19. The molecule has 0 aromatic heterocycles. The number of nitrogens with zero attached hydrogens (tertiary/aromatic N) is 1. The van der Waals surface area contributed by atoms with Crippen molar-refractivity contribution in [2.24, 2.45) is 0 Å². The van der Waals surface area contributed by atoms with E-state index in [9.17, 15) is 4.79 Å². The van der Waals surface area contributed by atoms with Crippen molar-refractivity contribution in [3.8, 4) is 11.5 Å². The molecule has 1 N–H and O–H groups in total. The summed E-state index contributed by atoms with van der Waals surface area (Å²) in [5.41, 5.74) is 1.91. The topological polar surface area (TPSA) is 50.8 Å². The molecule has 1 aliphatic heterocycles. The summed E-state index contributed by atoms with van der Waals surface area (Å²) in [6.07, 6.45) is 1.79. The van der Waals surface area contributed by atoms with Gasteiger partial charge in [0.1, 0.15) is 11.5 Å². The Morgan fingerprint density at radius 2 is 1.68 bits per heavy atom. The Hall–Kier alpha value is -2.69. The quantitative estimate of drug-likeness (QED) is 0.871. The van der Waals surface area contributed by atoms with E-state index in [1.54, 1.807) is 26.2 Å². The standard InChI is InChI=1S/C20H24N2O3/c1-15(25-17-11-9-16(24-2)10-12-17)20(23)21-18-7-3-4-8-19(18)22-13-5-6-14-22/h3-4,7-12,15H,5-6,13-14H2,1-2H3,(H,21,23). The predicted octanol–water partition coefficient (Wildman–Crippen LogP) is 3.70. The van der Waals surface area contributed by atoms with Crippen LogP contribution in [0.15, 0.2) is 48.5 Å². The van der Waals surface area contributed by atoms with Crippen LogP contribution in [0.4, 0.5) is 11.4 Å². The average molecular weight is 340 g/mol. The zero-order chi connectivity index (χ0) is 17.6. The van der Waals surface area contributed by atoms with Gasteiger partial charge in [-0.3, -0.25) is 4.79 Å². The van der Waals surface area contributed by atoms with Crippen molar-refractivity contribution in [3.63, 3.8) is 0 Å². The van der Waals surface area contributed by atoms with Crippen LogP contribution in [0.2, 0.25) is 0 Å². The molecule has 2 aromatic carbocycles. The second-order valence-corrected chi connectivity index (χ2v) is 6.14. The van der Waals surface area contributed by atoms with Gasteiger partial charge in [-0.15, -0.1) is 0 Å². The normalized spacial score (nSPS) is 14.9. The van der Waals surface area contributed by atoms with Gasteiger partial charge < -0.3 is 19.7 Å². The molecule has 0 bridgehead atoms. The van der Waals surface area contributed by atoms with Gasteiger partial charge in [0.15, 0.2) is 6.10 Å². The Balaban J connectivity index is 1.65. The van der Waals surface area contributed by atoms with Crippen LogP contribution in [0.5, 0.6) is 11.5 Å². The Morgan fingerprint density at radius 3 is 2.36 bits per heavy atom. The second kappa shape index (κ2) is 7.92. The van der Waals surface area contributed by atoms with E-state index >= 15 is 0 Å². The molecular formula is C20H24N2O3. The summed E-state index contributed by atoms with van der Waals surface area (Å²) in [5, 5.41) is 3.00. The first-order chi connectivity index (χ1) is 12.2. The molecule has 1 saturated heterocycles. The number of anilines is 2. The number of ether oxygens (including phenoxy) is 2. The van der Waals surface area contributed by atoms with Crippen LogP contribution in [-0.2, 0) is 4.79 Å². The van der Waals surface area contributed by atoms with Gasteiger partial charge in [0.25, 0.3) is 5.91 Å². The van der Waals surface area contributed by atoms with Crippen LogP contribution in [0, 0.1) is 0 Å². The lowest BCUT2D eigenvalue weighted by molar-refractivity contribution is -0.122. The van der Waals surface area contributed by atoms with E-state index in [0.717, 1.165) is 30.2 Å². The highest BCUT2D eigenvalue weighted by Crippen LogP contribution is 2.29. The molecule has 1 aliphatic rings. The van der Waals surface area contributed by atoms with Crippen LogP contribution in [0.3, 0.4) is 0 Å². The number of hydrogen-bond donors (Lipinski definition) is 1. The van der Waals surface area contributed by atoms with E-state index in [-0.39, 0.29) is 5.91 Å². The first-order valence-electron chi connectivity index (χ1n) is 8.63. The van der Waals surface area contributed by atoms with E-state index in [4.69, 9.17) is 9.47 Å². The van der Waals surface area contributed by atoms with Gasteiger partial charge in [-0.25, -0.2) is 0 Å². The van der Waals surface area contributed by atoms with Crippen molar-refractivity contribution in [1.82, 2.24) is 0 Å². The van der Waals surface area contributed by atoms with Crippen molar-refractivity contribution >= 4 is 17.3 Å². The fourth-order valence-electron chi connectivity index (χ4n) is 2.96. The number of amides is 1. The molecular weight excluding hydrogens is 316 g/mol. The predicted molar refractivity (Wildman–Crippen MR) is 99.6 cm³/mol. The Bertz CT molecular complexity index is 709. The molecule has 1 fully saturated rings. The fraction of sp³-hybridized carbons (Fsp3) is 0.350.